The fourth-order valence-corrected chi connectivity index (χ4v) is 3.24. The highest BCUT2D eigenvalue weighted by Crippen LogP contribution is 2.26. The molecule has 1 saturated heterocycles. The Hall–Kier alpha value is -2.12. The van der Waals surface area contributed by atoms with E-state index >= 15 is 0 Å². The van der Waals surface area contributed by atoms with Crippen LogP contribution >= 0.6 is 12.4 Å². The maximum atomic E-state index is 4.93. The standard InChI is InChI=1S/C16H21N7.ClH/c1-17-13-4-3-7-22(10-13)16-15-5-6-18-23(15)11-14(20-16)12-8-19-21(2)9-12;/h5-6,8-9,11,13,17H,3-4,7,10H2,1-2H3;1H. The van der Waals surface area contributed by atoms with Crippen LogP contribution in [0.15, 0.2) is 30.9 Å². The van der Waals surface area contributed by atoms with Crippen LogP contribution < -0.4 is 10.2 Å². The summed E-state index contributed by atoms with van der Waals surface area (Å²) in [5.74, 6) is 1.00. The first-order valence-corrected chi connectivity index (χ1v) is 8.00. The summed E-state index contributed by atoms with van der Waals surface area (Å²) in [6, 6.07) is 2.54. The van der Waals surface area contributed by atoms with Crippen molar-refractivity contribution in [2.24, 2.45) is 7.05 Å². The number of piperidine rings is 1. The van der Waals surface area contributed by atoms with Gasteiger partial charge in [-0.1, -0.05) is 0 Å². The molecule has 0 spiro atoms. The van der Waals surface area contributed by atoms with Gasteiger partial charge in [0, 0.05) is 37.9 Å². The summed E-state index contributed by atoms with van der Waals surface area (Å²) in [7, 11) is 3.95. The van der Waals surface area contributed by atoms with E-state index < -0.39 is 0 Å². The second kappa shape index (κ2) is 6.78. The lowest BCUT2D eigenvalue weighted by molar-refractivity contribution is 0.448. The van der Waals surface area contributed by atoms with Crippen LogP contribution in [0.3, 0.4) is 0 Å². The van der Waals surface area contributed by atoms with E-state index in [1.165, 1.54) is 12.8 Å². The van der Waals surface area contributed by atoms with E-state index in [9.17, 15) is 0 Å². The SMILES string of the molecule is CNC1CCCN(c2nc(-c3cnn(C)c3)cn3nccc23)C1.Cl. The summed E-state index contributed by atoms with van der Waals surface area (Å²) in [5.41, 5.74) is 2.96. The summed E-state index contributed by atoms with van der Waals surface area (Å²) in [6.45, 7) is 2.00. The molecule has 4 rings (SSSR count). The molecule has 8 heteroatoms. The Morgan fingerprint density at radius 2 is 2.12 bits per heavy atom. The minimum absolute atomic E-state index is 0. The third-order valence-corrected chi connectivity index (χ3v) is 4.50. The van der Waals surface area contributed by atoms with E-state index in [0.29, 0.717) is 6.04 Å². The highest BCUT2D eigenvalue weighted by Gasteiger charge is 2.22. The van der Waals surface area contributed by atoms with Gasteiger partial charge >= 0.3 is 0 Å². The van der Waals surface area contributed by atoms with Crippen molar-refractivity contribution in [2.45, 2.75) is 18.9 Å². The average Bonchev–Trinajstić information content (AvgIpc) is 3.22. The summed E-state index contributed by atoms with van der Waals surface area (Å²) >= 11 is 0. The number of hydrogen-bond donors (Lipinski definition) is 1. The molecule has 1 atom stereocenters. The number of hydrogen-bond acceptors (Lipinski definition) is 5. The van der Waals surface area contributed by atoms with Crippen LogP contribution in [0.5, 0.6) is 0 Å². The Balaban J connectivity index is 0.00000169. The maximum Gasteiger partial charge on any atom is 0.155 e. The third-order valence-electron chi connectivity index (χ3n) is 4.50. The van der Waals surface area contributed by atoms with Gasteiger partial charge in [0.05, 0.1) is 24.3 Å². The van der Waals surface area contributed by atoms with E-state index in [1.807, 2.05) is 49.5 Å². The minimum atomic E-state index is 0. The van der Waals surface area contributed by atoms with Crippen LogP contribution in [0, 0.1) is 0 Å². The number of halogens is 1. The molecule has 0 saturated carbocycles. The highest BCUT2D eigenvalue weighted by atomic mass is 35.5. The first-order valence-electron chi connectivity index (χ1n) is 8.00. The molecule has 3 aromatic rings. The van der Waals surface area contributed by atoms with Crippen molar-refractivity contribution in [1.29, 1.82) is 0 Å². The molecule has 24 heavy (non-hydrogen) atoms. The van der Waals surface area contributed by atoms with Gasteiger partial charge in [0.25, 0.3) is 0 Å². The van der Waals surface area contributed by atoms with Crippen LogP contribution in [0.25, 0.3) is 16.8 Å². The molecule has 128 valence electrons. The Morgan fingerprint density at radius 1 is 1.25 bits per heavy atom. The van der Waals surface area contributed by atoms with E-state index in [2.05, 4.69) is 20.4 Å². The van der Waals surface area contributed by atoms with Crippen LogP contribution in [-0.4, -0.2) is 50.6 Å². The quantitative estimate of drug-likeness (QED) is 0.782. The molecule has 3 aromatic heterocycles. The number of aromatic nitrogens is 5. The number of aryl methyl sites for hydroxylation is 1. The van der Waals surface area contributed by atoms with E-state index in [-0.39, 0.29) is 12.4 Å². The smallest absolute Gasteiger partial charge is 0.155 e. The number of nitrogens with zero attached hydrogens (tertiary/aromatic N) is 6. The summed E-state index contributed by atoms with van der Waals surface area (Å²) in [4.78, 5) is 7.30. The lowest BCUT2D eigenvalue weighted by atomic mass is 10.1. The number of likely N-dealkylation sites (N-methyl/N-ethyl adjacent to an activating group) is 1. The van der Waals surface area contributed by atoms with Crippen molar-refractivity contribution >= 4 is 23.7 Å². The Kier molecular flexibility index (Phi) is 4.73. The van der Waals surface area contributed by atoms with Crippen LogP contribution in [-0.2, 0) is 7.05 Å². The van der Waals surface area contributed by atoms with Crippen molar-refractivity contribution in [3.63, 3.8) is 0 Å². The first kappa shape index (κ1) is 16.7. The van der Waals surface area contributed by atoms with Gasteiger partial charge in [-0.25, -0.2) is 9.50 Å². The number of anilines is 1. The summed E-state index contributed by atoms with van der Waals surface area (Å²) < 4.78 is 3.70. The fraction of sp³-hybridized carbons (Fsp3) is 0.438. The van der Waals surface area contributed by atoms with Gasteiger partial charge in [-0.3, -0.25) is 4.68 Å². The Labute approximate surface area is 147 Å². The molecular weight excluding hydrogens is 326 g/mol. The molecule has 1 N–H and O–H groups in total. The fourth-order valence-electron chi connectivity index (χ4n) is 3.24. The third kappa shape index (κ3) is 2.97. The Bertz CT molecular complexity index is 825. The molecular formula is C16H22ClN7. The molecule has 1 aliphatic rings. The van der Waals surface area contributed by atoms with Crippen LogP contribution in [0.1, 0.15) is 12.8 Å². The van der Waals surface area contributed by atoms with Crippen LogP contribution in [0.4, 0.5) is 5.82 Å². The largest absolute Gasteiger partial charge is 0.353 e. The molecule has 1 fully saturated rings. The monoisotopic (exact) mass is 347 g/mol. The van der Waals surface area contributed by atoms with Crippen molar-refractivity contribution < 1.29 is 0 Å². The molecule has 7 nitrogen and oxygen atoms in total. The topological polar surface area (TPSA) is 63.3 Å². The second-order valence-corrected chi connectivity index (χ2v) is 6.09. The number of fused-ring (bicyclic) bond motifs is 1. The van der Waals surface area contributed by atoms with Gasteiger partial charge in [-0.05, 0) is 26.0 Å². The lowest BCUT2D eigenvalue weighted by Crippen LogP contribution is -2.44. The zero-order chi connectivity index (χ0) is 15.8. The normalized spacial score (nSPS) is 17.9. The van der Waals surface area contributed by atoms with Crippen molar-refractivity contribution in [3.8, 4) is 11.3 Å². The predicted octanol–water partition coefficient (Wildman–Crippen LogP) is 1.74. The van der Waals surface area contributed by atoms with E-state index in [0.717, 1.165) is 35.7 Å². The minimum Gasteiger partial charge on any atom is -0.353 e. The maximum absolute atomic E-state index is 4.93. The summed E-state index contributed by atoms with van der Waals surface area (Å²) in [6.07, 6.45) is 10.00. The molecule has 0 bridgehead atoms. The lowest BCUT2D eigenvalue weighted by Gasteiger charge is -2.33. The van der Waals surface area contributed by atoms with Gasteiger partial charge in [-0.2, -0.15) is 10.2 Å². The van der Waals surface area contributed by atoms with Crippen LogP contribution in [0.2, 0.25) is 0 Å². The zero-order valence-corrected chi connectivity index (χ0v) is 14.7. The predicted molar refractivity (Wildman–Crippen MR) is 96.7 cm³/mol. The molecule has 1 unspecified atom stereocenters. The first-order chi connectivity index (χ1) is 11.2. The van der Waals surface area contributed by atoms with E-state index in [4.69, 9.17) is 4.98 Å². The van der Waals surface area contributed by atoms with E-state index in [1.54, 1.807) is 4.68 Å². The Morgan fingerprint density at radius 3 is 2.88 bits per heavy atom. The number of rotatable bonds is 3. The van der Waals surface area contributed by atoms with Crippen molar-refractivity contribution in [3.05, 3.63) is 30.9 Å². The highest BCUT2D eigenvalue weighted by molar-refractivity contribution is 5.85. The second-order valence-electron chi connectivity index (χ2n) is 6.09. The molecule has 0 aliphatic carbocycles. The summed E-state index contributed by atoms with van der Waals surface area (Å²) in [5, 5.41) is 12.1. The van der Waals surface area contributed by atoms with Gasteiger partial charge in [-0.15, -0.1) is 12.4 Å². The molecule has 1 aliphatic heterocycles. The van der Waals surface area contributed by atoms with Gasteiger partial charge in [0.2, 0.25) is 0 Å². The molecule has 0 amide bonds. The number of nitrogens with one attached hydrogen (secondary N) is 1. The molecule has 4 heterocycles. The van der Waals surface area contributed by atoms with Crippen molar-refractivity contribution in [2.75, 3.05) is 25.0 Å². The van der Waals surface area contributed by atoms with Gasteiger partial charge < -0.3 is 10.2 Å². The van der Waals surface area contributed by atoms with Gasteiger partial charge in [0.15, 0.2) is 5.82 Å². The molecule has 0 radical (unpaired) electrons. The zero-order valence-electron chi connectivity index (χ0n) is 13.9. The average molecular weight is 348 g/mol. The van der Waals surface area contributed by atoms with Crippen molar-refractivity contribution in [1.82, 2.24) is 29.7 Å². The molecule has 0 aromatic carbocycles. The van der Waals surface area contributed by atoms with Gasteiger partial charge in [0.1, 0.15) is 5.52 Å².